The molecule has 0 saturated heterocycles. The zero-order valence-corrected chi connectivity index (χ0v) is 13.2. The lowest BCUT2D eigenvalue weighted by molar-refractivity contribution is 0.354. The zero-order chi connectivity index (χ0) is 14.2. The number of ether oxygens (including phenoxy) is 2. The number of rotatable bonds is 7. The molecule has 1 heterocycles. The maximum absolute atomic E-state index is 5.30. The highest BCUT2D eigenvalue weighted by molar-refractivity contribution is 5.85. The molecule has 0 bridgehead atoms. The lowest BCUT2D eigenvalue weighted by Crippen LogP contribution is -2.16. The molecule has 1 aromatic carbocycles. The minimum absolute atomic E-state index is 0. The van der Waals surface area contributed by atoms with E-state index in [2.05, 4.69) is 16.4 Å². The van der Waals surface area contributed by atoms with E-state index in [9.17, 15) is 0 Å². The van der Waals surface area contributed by atoms with Gasteiger partial charge in [0.15, 0.2) is 11.5 Å². The minimum atomic E-state index is 0. The second kappa shape index (κ2) is 9.21. The van der Waals surface area contributed by atoms with Crippen LogP contribution in [0.3, 0.4) is 0 Å². The highest BCUT2D eigenvalue weighted by Crippen LogP contribution is 2.27. The smallest absolute Gasteiger partial charge is 0.160 e. The number of benzene rings is 1. The van der Waals surface area contributed by atoms with Crippen molar-refractivity contribution in [1.82, 2.24) is 10.3 Å². The van der Waals surface area contributed by atoms with Gasteiger partial charge < -0.3 is 14.8 Å². The fourth-order valence-corrected chi connectivity index (χ4v) is 2.00. The van der Waals surface area contributed by atoms with Gasteiger partial charge in [-0.1, -0.05) is 6.07 Å². The third kappa shape index (κ3) is 5.25. The molecule has 0 aliphatic rings. The summed E-state index contributed by atoms with van der Waals surface area (Å²) in [5, 5.41) is 3.42. The van der Waals surface area contributed by atoms with Gasteiger partial charge in [-0.2, -0.15) is 0 Å². The number of nitrogens with zero attached hydrogens (tertiary/aromatic N) is 1. The highest BCUT2D eigenvalue weighted by atomic mass is 35.5. The fourth-order valence-electron chi connectivity index (χ4n) is 2.00. The first-order valence-corrected chi connectivity index (χ1v) is 6.64. The zero-order valence-electron chi connectivity index (χ0n) is 12.3. The van der Waals surface area contributed by atoms with Gasteiger partial charge in [0.2, 0.25) is 0 Å². The first-order valence-electron chi connectivity index (χ1n) is 6.64. The van der Waals surface area contributed by atoms with Gasteiger partial charge in [0.1, 0.15) is 0 Å². The molecule has 0 amide bonds. The number of halogens is 1. The first-order chi connectivity index (χ1) is 9.83. The van der Waals surface area contributed by atoms with E-state index in [1.165, 1.54) is 11.1 Å². The van der Waals surface area contributed by atoms with E-state index in [0.29, 0.717) is 0 Å². The number of nitrogens with one attached hydrogen (secondary N) is 1. The first kappa shape index (κ1) is 17.3. The molecule has 5 heteroatoms. The van der Waals surface area contributed by atoms with Crippen LogP contribution in [0.15, 0.2) is 42.7 Å². The Morgan fingerprint density at radius 1 is 0.952 bits per heavy atom. The van der Waals surface area contributed by atoms with Crippen molar-refractivity contribution in [2.45, 2.75) is 13.0 Å². The molecule has 0 radical (unpaired) electrons. The van der Waals surface area contributed by atoms with Crippen molar-refractivity contribution in [3.8, 4) is 11.5 Å². The van der Waals surface area contributed by atoms with Crippen molar-refractivity contribution in [2.24, 2.45) is 0 Å². The van der Waals surface area contributed by atoms with Crippen LogP contribution in [0.1, 0.15) is 11.1 Å². The Morgan fingerprint density at radius 3 is 2.33 bits per heavy atom. The van der Waals surface area contributed by atoms with E-state index in [4.69, 9.17) is 9.47 Å². The molecule has 0 saturated carbocycles. The maximum Gasteiger partial charge on any atom is 0.160 e. The van der Waals surface area contributed by atoms with E-state index in [-0.39, 0.29) is 12.4 Å². The summed E-state index contributed by atoms with van der Waals surface area (Å²) >= 11 is 0. The van der Waals surface area contributed by atoms with Crippen LogP contribution in [0.25, 0.3) is 0 Å². The Labute approximate surface area is 131 Å². The van der Waals surface area contributed by atoms with Gasteiger partial charge in [0.25, 0.3) is 0 Å². The van der Waals surface area contributed by atoms with Gasteiger partial charge in [-0.05, 0) is 48.4 Å². The van der Waals surface area contributed by atoms with E-state index in [1.54, 1.807) is 14.2 Å². The molecular weight excluding hydrogens is 288 g/mol. The molecule has 21 heavy (non-hydrogen) atoms. The Morgan fingerprint density at radius 2 is 1.67 bits per heavy atom. The van der Waals surface area contributed by atoms with Crippen LogP contribution < -0.4 is 14.8 Å². The average molecular weight is 309 g/mol. The summed E-state index contributed by atoms with van der Waals surface area (Å²) in [5.41, 5.74) is 2.47. The van der Waals surface area contributed by atoms with Crippen LogP contribution in [0.5, 0.6) is 11.5 Å². The summed E-state index contributed by atoms with van der Waals surface area (Å²) in [6.07, 6.45) is 4.57. The van der Waals surface area contributed by atoms with Crippen LogP contribution in [-0.4, -0.2) is 25.7 Å². The lowest BCUT2D eigenvalue weighted by Gasteiger charge is -2.10. The standard InChI is InChI=1S/C16H20N2O2.ClH/c1-19-15-4-3-13(11-16(15)20-2)5-10-18-12-14-6-8-17-9-7-14;/h3-4,6-9,11,18H,5,10,12H2,1-2H3;1H. The molecule has 0 unspecified atom stereocenters. The molecule has 0 atom stereocenters. The third-order valence-electron chi connectivity index (χ3n) is 3.12. The minimum Gasteiger partial charge on any atom is -0.493 e. The fraction of sp³-hybridized carbons (Fsp3) is 0.312. The molecule has 0 fully saturated rings. The van der Waals surface area contributed by atoms with Gasteiger partial charge in [-0.15, -0.1) is 12.4 Å². The topological polar surface area (TPSA) is 43.4 Å². The average Bonchev–Trinajstić information content (AvgIpc) is 2.52. The molecule has 0 aliphatic carbocycles. The summed E-state index contributed by atoms with van der Waals surface area (Å²) in [6, 6.07) is 10.1. The molecule has 0 spiro atoms. The van der Waals surface area contributed by atoms with Gasteiger partial charge in [0.05, 0.1) is 14.2 Å². The largest absolute Gasteiger partial charge is 0.493 e. The van der Waals surface area contributed by atoms with Gasteiger partial charge in [-0.3, -0.25) is 4.98 Å². The molecule has 2 aromatic rings. The van der Waals surface area contributed by atoms with Crippen LogP contribution in [0.4, 0.5) is 0 Å². The predicted molar refractivity (Wildman–Crippen MR) is 86.4 cm³/mol. The summed E-state index contributed by atoms with van der Waals surface area (Å²) < 4.78 is 10.5. The van der Waals surface area contributed by atoms with Crippen molar-refractivity contribution < 1.29 is 9.47 Å². The SMILES string of the molecule is COc1ccc(CCNCc2ccncc2)cc1OC.Cl. The monoisotopic (exact) mass is 308 g/mol. The molecule has 0 aliphatic heterocycles. The van der Waals surface area contributed by atoms with Crippen molar-refractivity contribution in [2.75, 3.05) is 20.8 Å². The van der Waals surface area contributed by atoms with Crippen LogP contribution >= 0.6 is 12.4 Å². The van der Waals surface area contributed by atoms with Crippen LogP contribution in [0, 0.1) is 0 Å². The van der Waals surface area contributed by atoms with Crippen LogP contribution in [-0.2, 0) is 13.0 Å². The molecule has 1 N–H and O–H groups in total. The van der Waals surface area contributed by atoms with E-state index >= 15 is 0 Å². The second-order valence-corrected chi connectivity index (χ2v) is 4.47. The van der Waals surface area contributed by atoms with E-state index in [1.807, 2.05) is 36.7 Å². The van der Waals surface area contributed by atoms with Crippen molar-refractivity contribution in [1.29, 1.82) is 0 Å². The maximum atomic E-state index is 5.30. The summed E-state index contributed by atoms with van der Waals surface area (Å²) in [4.78, 5) is 4.00. The van der Waals surface area contributed by atoms with E-state index < -0.39 is 0 Å². The van der Waals surface area contributed by atoms with Gasteiger partial charge >= 0.3 is 0 Å². The number of pyridine rings is 1. The summed E-state index contributed by atoms with van der Waals surface area (Å²) in [7, 11) is 3.30. The normalized spacial score (nSPS) is 9.81. The Bertz CT molecular complexity index is 535. The Balaban J connectivity index is 0.00000220. The number of methoxy groups -OCH3 is 2. The lowest BCUT2D eigenvalue weighted by atomic mass is 10.1. The highest BCUT2D eigenvalue weighted by Gasteiger charge is 2.04. The number of hydrogen-bond acceptors (Lipinski definition) is 4. The van der Waals surface area contributed by atoms with Gasteiger partial charge in [0, 0.05) is 18.9 Å². The third-order valence-corrected chi connectivity index (χ3v) is 3.12. The van der Waals surface area contributed by atoms with Crippen LogP contribution in [0.2, 0.25) is 0 Å². The molecule has 4 nitrogen and oxygen atoms in total. The van der Waals surface area contributed by atoms with Crippen molar-refractivity contribution in [3.63, 3.8) is 0 Å². The number of hydrogen-bond donors (Lipinski definition) is 1. The molecular formula is C16H21ClN2O2. The second-order valence-electron chi connectivity index (χ2n) is 4.47. The van der Waals surface area contributed by atoms with Crippen molar-refractivity contribution >= 4 is 12.4 Å². The van der Waals surface area contributed by atoms with Gasteiger partial charge in [-0.25, -0.2) is 0 Å². The summed E-state index contributed by atoms with van der Waals surface area (Å²) in [5.74, 6) is 1.54. The number of aromatic nitrogens is 1. The molecule has 1 aromatic heterocycles. The van der Waals surface area contributed by atoms with Crippen molar-refractivity contribution in [3.05, 3.63) is 53.9 Å². The predicted octanol–water partition coefficient (Wildman–Crippen LogP) is 2.85. The summed E-state index contributed by atoms with van der Waals surface area (Å²) in [6.45, 7) is 1.77. The molecule has 114 valence electrons. The quantitative estimate of drug-likeness (QED) is 0.799. The van der Waals surface area contributed by atoms with E-state index in [0.717, 1.165) is 31.0 Å². The Kier molecular flexibility index (Phi) is 7.58. The molecule has 2 rings (SSSR count). The Hall–Kier alpha value is -1.78.